The van der Waals surface area contributed by atoms with E-state index in [0.717, 1.165) is 55.7 Å². The fourth-order valence-electron chi connectivity index (χ4n) is 3.90. The molecule has 1 aliphatic rings. The smallest absolute Gasteiger partial charge is 0.318 e. The highest BCUT2D eigenvalue weighted by atomic mass is 35.5. The normalized spacial score (nSPS) is 17.4. The van der Waals surface area contributed by atoms with Gasteiger partial charge in [-0.1, -0.05) is 29.8 Å². The van der Waals surface area contributed by atoms with Gasteiger partial charge in [0.1, 0.15) is 5.82 Å². The van der Waals surface area contributed by atoms with Crippen LogP contribution in [0.5, 0.6) is 0 Å². The van der Waals surface area contributed by atoms with Crippen LogP contribution in [0.25, 0.3) is 0 Å². The number of carbonyl (C=O) groups is 1. The van der Waals surface area contributed by atoms with Crippen LogP contribution in [-0.4, -0.2) is 31.1 Å². The first-order chi connectivity index (χ1) is 13.5. The van der Waals surface area contributed by atoms with E-state index in [2.05, 4.69) is 28.5 Å². The van der Waals surface area contributed by atoms with Gasteiger partial charge < -0.3 is 10.6 Å². The quantitative estimate of drug-likeness (QED) is 0.738. The van der Waals surface area contributed by atoms with E-state index in [1.54, 1.807) is 13.1 Å². The van der Waals surface area contributed by atoms with Crippen molar-refractivity contribution in [2.24, 2.45) is 5.92 Å². The topological polar surface area (TPSA) is 44.4 Å². The molecule has 6 heteroatoms. The Morgan fingerprint density at radius 2 is 2.14 bits per heavy atom. The molecule has 1 fully saturated rings. The molecule has 0 aromatic heterocycles. The molecule has 150 valence electrons. The molecule has 1 unspecified atom stereocenters. The van der Waals surface area contributed by atoms with Crippen molar-refractivity contribution >= 4 is 23.3 Å². The van der Waals surface area contributed by atoms with Crippen LogP contribution >= 0.6 is 11.6 Å². The fourth-order valence-corrected chi connectivity index (χ4v) is 4.10. The summed E-state index contributed by atoms with van der Waals surface area (Å²) in [6, 6.07) is 10.8. The lowest BCUT2D eigenvalue weighted by atomic mass is 9.91. The second-order valence-corrected chi connectivity index (χ2v) is 7.91. The highest BCUT2D eigenvalue weighted by Crippen LogP contribution is 2.27. The van der Waals surface area contributed by atoms with Gasteiger partial charge in [-0.05, 0) is 73.5 Å². The summed E-state index contributed by atoms with van der Waals surface area (Å²) in [6.45, 7) is 4.89. The number of aryl methyl sites for hydroxylation is 1. The maximum atomic E-state index is 13.4. The molecule has 0 bridgehead atoms. The summed E-state index contributed by atoms with van der Waals surface area (Å²) in [5.41, 5.74) is 4.25. The Hall–Kier alpha value is -2.11. The van der Waals surface area contributed by atoms with E-state index in [1.807, 2.05) is 18.2 Å². The van der Waals surface area contributed by atoms with Crippen molar-refractivity contribution in [2.75, 3.05) is 25.5 Å². The van der Waals surface area contributed by atoms with Gasteiger partial charge in [0.05, 0.1) is 5.02 Å². The molecule has 0 aliphatic carbocycles. The van der Waals surface area contributed by atoms with Crippen LogP contribution in [0.4, 0.5) is 14.9 Å². The van der Waals surface area contributed by atoms with Crippen molar-refractivity contribution in [1.82, 2.24) is 10.2 Å². The molecule has 0 spiro atoms. The number of rotatable bonds is 5. The summed E-state index contributed by atoms with van der Waals surface area (Å²) in [6.07, 6.45) is 3.18. The van der Waals surface area contributed by atoms with Gasteiger partial charge in [-0.2, -0.15) is 0 Å². The molecule has 1 aliphatic heterocycles. The van der Waals surface area contributed by atoms with E-state index in [1.165, 1.54) is 11.6 Å². The Kier molecular flexibility index (Phi) is 6.92. The molecular weight excluding hydrogens is 377 g/mol. The summed E-state index contributed by atoms with van der Waals surface area (Å²) >= 11 is 5.93. The monoisotopic (exact) mass is 403 g/mol. The molecule has 0 radical (unpaired) electrons. The van der Waals surface area contributed by atoms with Crippen molar-refractivity contribution in [1.29, 1.82) is 0 Å². The SMILES string of the molecule is CNC(=O)Nc1cccc(C)c1CN1CCCC(Cc2ccc(F)c(Cl)c2)C1. The third-order valence-electron chi connectivity index (χ3n) is 5.38. The average Bonchev–Trinajstić information content (AvgIpc) is 2.68. The Morgan fingerprint density at radius 1 is 1.32 bits per heavy atom. The minimum atomic E-state index is -0.369. The van der Waals surface area contributed by atoms with Crippen molar-refractivity contribution in [3.63, 3.8) is 0 Å². The van der Waals surface area contributed by atoms with Gasteiger partial charge >= 0.3 is 6.03 Å². The second-order valence-electron chi connectivity index (χ2n) is 7.50. The number of benzene rings is 2. The van der Waals surface area contributed by atoms with Crippen LogP contribution in [0.3, 0.4) is 0 Å². The molecule has 28 heavy (non-hydrogen) atoms. The van der Waals surface area contributed by atoms with Crippen LogP contribution < -0.4 is 10.6 Å². The van der Waals surface area contributed by atoms with Gasteiger partial charge in [-0.3, -0.25) is 4.90 Å². The van der Waals surface area contributed by atoms with Gasteiger partial charge in [0, 0.05) is 25.8 Å². The minimum Gasteiger partial charge on any atom is -0.341 e. The zero-order valence-electron chi connectivity index (χ0n) is 16.4. The minimum absolute atomic E-state index is 0.190. The number of nitrogens with zero attached hydrogens (tertiary/aromatic N) is 1. The number of carbonyl (C=O) groups excluding carboxylic acids is 1. The van der Waals surface area contributed by atoms with Gasteiger partial charge in [0.2, 0.25) is 0 Å². The summed E-state index contributed by atoms with van der Waals surface area (Å²) in [5.74, 6) is 0.140. The lowest BCUT2D eigenvalue weighted by molar-refractivity contribution is 0.167. The lowest BCUT2D eigenvalue weighted by Gasteiger charge is -2.33. The molecule has 3 rings (SSSR count). The zero-order chi connectivity index (χ0) is 20.1. The molecule has 2 N–H and O–H groups in total. The Labute approximate surface area is 171 Å². The van der Waals surface area contributed by atoms with Crippen LogP contribution in [0, 0.1) is 18.7 Å². The third kappa shape index (κ3) is 5.24. The lowest BCUT2D eigenvalue weighted by Crippen LogP contribution is -2.36. The maximum Gasteiger partial charge on any atom is 0.318 e. The van der Waals surface area contributed by atoms with Crippen LogP contribution in [-0.2, 0) is 13.0 Å². The van der Waals surface area contributed by atoms with Gasteiger partial charge in [-0.25, -0.2) is 9.18 Å². The van der Waals surface area contributed by atoms with E-state index in [9.17, 15) is 9.18 Å². The molecule has 4 nitrogen and oxygen atoms in total. The van der Waals surface area contributed by atoms with Gasteiger partial charge in [-0.15, -0.1) is 0 Å². The van der Waals surface area contributed by atoms with E-state index >= 15 is 0 Å². The van der Waals surface area contributed by atoms with Crippen molar-refractivity contribution in [2.45, 2.75) is 32.7 Å². The first kappa shape index (κ1) is 20.6. The number of urea groups is 1. The standard InChI is InChI=1S/C22H27ClFN3O/c1-15-5-3-7-21(26-22(28)25-2)18(15)14-27-10-4-6-17(13-27)11-16-8-9-20(24)19(23)12-16/h3,5,7-9,12,17H,4,6,10-11,13-14H2,1-2H3,(H2,25,26,28). The number of hydrogen-bond acceptors (Lipinski definition) is 2. The molecular formula is C22H27ClFN3O. The highest BCUT2D eigenvalue weighted by molar-refractivity contribution is 6.30. The summed E-state index contributed by atoms with van der Waals surface area (Å²) in [5, 5.41) is 5.72. The molecule has 1 heterocycles. The Morgan fingerprint density at radius 3 is 2.89 bits per heavy atom. The van der Waals surface area contributed by atoms with Crippen molar-refractivity contribution in [3.8, 4) is 0 Å². The van der Waals surface area contributed by atoms with Gasteiger partial charge in [0.25, 0.3) is 0 Å². The third-order valence-corrected chi connectivity index (χ3v) is 5.67. The van der Waals surface area contributed by atoms with E-state index in [0.29, 0.717) is 5.92 Å². The number of halogens is 2. The van der Waals surface area contributed by atoms with Crippen LogP contribution in [0.1, 0.15) is 29.5 Å². The predicted molar refractivity (Wildman–Crippen MR) is 112 cm³/mol. The van der Waals surface area contributed by atoms with Gasteiger partial charge in [0.15, 0.2) is 0 Å². The highest BCUT2D eigenvalue weighted by Gasteiger charge is 2.22. The van der Waals surface area contributed by atoms with E-state index in [4.69, 9.17) is 11.6 Å². The summed E-state index contributed by atoms with van der Waals surface area (Å²) < 4.78 is 13.4. The first-order valence-electron chi connectivity index (χ1n) is 9.69. The molecule has 2 aromatic carbocycles. The van der Waals surface area contributed by atoms with Crippen LogP contribution in [0.2, 0.25) is 5.02 Å². The molecule has 2 aromatic rings. The van der Waals surface area contributed by atoms with Crippen molar-refractivity contribution < 1.29 is 9.18 Å². The number of piperidine rings is 1. The number of hydrogen-bond donors (Lipinski definition) is 2. The number of likely N-dealkylation sites (tertiary alicyclic amines) is 1. The van der Waals surface area contributed by atoms with E-state index < -0.39 is 0 Å². The van der Waals surface area contributed by atoms with Crippen LogP contribution in [0.15, 0.2) is 36.4 Å². The summed E-state index contributed by atoms with van der Waals surface area (Å²) in [7, 11) is 1.61. The first-order valence-corrected chi connectivity index (χ1v) is 10.1. The second kappa shape index (κ2) is 9.39. The number of anilines is 1. The average molecular weight is 404 g/mol. The molecule has 1 atom stereocenters. The van der Waals surface area contributed by atoms with E-state index in [-0.39, 0.29) is 16.9 Å². The fraction of sp³-hybridized carbons (Fsp3) is 0.409. The molecule has 1 saturated heterocycles. The molecule has 2 amide bonds. The zero-order valence-corrected chi connectivity index (χ0v) is 17.2. The summed E-state index contributed by atoms with van der Waals surface area (Å²) in [4.78, 5) is 14.2. The maximum absolute atomic E-state index is 13.4. The number of amides is 2. The molecule has 0 saturated carbocycles. The Bertz CT molecular complexity index is 843. The largest absolute Gasteiger partial charge is 0.341 e. The van der Waals surface area contributed by atoms with Crippen molar-refractivity contribution in [3.05, 3.63) is 63.9 Å². The Balaban J connectivity index is 1.68. The number of nitrogens with one attached hydrogen (secondary N) is 2. The predicted octanol–water partition coefficient (Wildman–Crippen LogP) is 4.99.